The first-order valence-electron chi connectivity index (χ1n) is 5.87. The van der Waals surface area contributed by atoms with Crippen molar-refractivity contribution in [2.75, 3.05) is 13.2 Å². The molecule has 0 bridgehead atoms. The van der Waals surface area contributed by atoms with Gasteiger partial charge in [-0.25, -0.2) is 0 Å². The Morgan fingerprint density at radius 1 is 1.19 bits per heavy atom. The molecule has 0 saturated carbocycles. The fraction of sp³-hybridized carbons (Fsp3) is 0.571. The molecule has 0 spiro atoms. The van der Waals surface area contributed by atoms with Gasteiger partial charge in [0.15, 0.2) is 0 Å². The summed E-state index contributed by atoms with van der Waals surface area (Å²) < 4.78 is 5.60. The SMILES string of the molecule is CC(C)(C)CCOCC(N)c1ccccc1. The van der Waals surface area contributed by atoms with E-state index in [1.807, 2.05) is 30.3 Å². The summed E-state index contributed by atoms with van der Waals surface area (Å²) >= 11 is 0. The first-order chi connectivity index (χ1) is 7.49. The van der Waals surface area contributed by atoms with E-state index in [2.05, 4.69) is 20.8 Å². The third kappa shape index (κ3) is 5.29. The third-order valence-electron chi connectivity index (χ3n) is 2.52. The zero-order chi connectivity index (χ0) is 12.0. The Morgan fingerprint density at radius 3 is 2.38 bits per heavy atom. The number of hydrogen-bond acceptors (Lipinski definition) is 2. The Hall–Kier alpha value is -0.860. The Labute approximate surface area is 98.8 Å². The van der Waals surface area contributed by atoms with Gasteiger partial charge in [-0.15, -0.1) is 0 Å². The van der Waals surface area contributed by atoms with Crippen LogP contribution in [0.2, 0.25) is 0 Å². The summed E-state index contributed by atoms with van der Waals surface area (Å²) in [5, 5.41) is 0. The van der Waals surface area contributed by atoms with E-state index in [0.29, 0.717) is 12.0 Å². The zero-order valence-electron chi connectivity index (χ0n) is 10.6. The maximum absolute atomic E-state index is 6.02. The molecule has 2 N–H and O–H groups in total. The molecule has 1 rings (SSSR count). The molecule has 0 fully saturated rings. The maximum Gasteiger partial charge on any atom is 0.0659 e. The average Bonchev–Trinajstić information content (AvgIpc) is 2.24. The van der Waals surface area contributed by atoms with Gasteiger partial charge in [0.05, 0.1) is 12.6 Å². The van der Waals surface area contributed by atoms with Crippen molar-refractivity contribution in [1.29, 1.82) is 0 Å². The minimum Gasteiger partial charge on any atom is -0.379 e. The minimum atomic E-state index is -0.0128. The normalized spacial score (nSPS) is 13.8. The van der Waals surface area contributed by atoms with Crippen LogP contribution in [0.25, 0.3) is 0 Å². The van der Waals surface area contributed by atoms with Crippen molar-refractivity contribution in [2.45, 2.75) is 33.2 Å². The van der Waals surface area contributed by atoms with Crippen LogP contribution in [-0.2, 0) is 4.74 Å². The van der Waals surface area contributed by atoms with Crippen LogP contribution >= 0.6 is 0 Å². The van der Waals surface area contributed by atoms with Gasteiger partial charge in [0.1, 0.15) is 0 Å². The van der Waals surface area contributed by atoms with Crippen molar-refractivity contribution >= 4 is 0 Å². The first kappa shape index (κ1) is 13.2. The monoisotopic (exact) mass is 221 g/mol. The van der Waals surface area contributed by atoms with Crippen molar-refractivity contribution in [3.63, 3.8) is 0 Å². The Bertz CT molecular complexity index is 289. The van der Waals surface area contributed by atoms with Crippen LogP contribution in [0.15, 0.2) is 30.3 Å². The van der Waals surface area contributed by atoms with Crippen molar-refractivity contribution < 1.29 is 4.74 Å². The Kier molecular flexibility index (Phi) is 4.97. The molecule has 2 nitrogen and oxygen atoms in total. The van der Waals surface area contributed by atoms with Crippen LogP contribution in [0, 0.1) is 5.41 Å². The van der Waals surface area contributed by atoms with Gasteiger partial charge >= 0.3 is 0 Å². The average molecular weight is 221 g/mol. The van der Waals surface area contributed by atoms with Gasteiger partial charge in [0.2, 0.25) is 0 Å². The van der Waals surface area contributed by atoms with Crippen LogP contribution in [0.1, 0.15) is 38.8 Å². The van der Waals surface area contributed by atoms with Crippen LogP contribution < -0.4 is 5.73 Å². The van der Waals surface area contributed by atoms with Crippen LogP contribution in [-0.4, -0.2) is 13.2 Å². The second-order valence-electron chi connectivity index (χ2n) is 5.40. The molecule has 0 radical (unpaired) electrons. The van der Waals surface area contributed by atoms with Crippen molar-refractivity contribution in [3.05, 3.63) is 35.9 Å². The Morgan fingerprint density at radius 2 is 1.81 bits per heavy atom. The summed E-state index contributed by atoms with van der Waals surface area (Å²) in [5.41, 5.74) is 7.49. The Balaban J connectivity index is 2.24. The molecule has 0 aromatic heterocycles. The summed E-state index contributed by atoms with van der Waals surface area (Å²) in [7, 11) is 0. The molecule has 0 aliphatic rings. The lowest BCUT2D eigenvalue weighted by molar-refractivity contribution is 0.0974. The fourth-order valence-corrected chi connectivity index (χ4v) is 1.39. The van der Waals surface area contributed by atoms with E-state index in [1.54, 1.807) is 0 Å². The standard InChI is InChI=1S/C14H23NO/c1-14(2,3)9-10-16-11-13(15)12-7-5-4-6-8-12/h4-8,13H,9-11,15H2,1-3H3. The van der Waals surface area contributed by atoms with Gasteiger partial charge in [-0.2, -0.15) is 0 Å². The lowest BCUT2D eigenvalue weighted by Crippen LogP contribution is -2.19. The second-order valence-corrected chi connectivity index (χ2v) is 5.40. The van der Waals surface area contributed by atoms with Crippen LogP contribution in [0.4, 0.5) is 0 Å². The van der Waals surface area contributed by atoms with E-state index in [1.165, 1.54) is 0 Å². The largest absolute Gasteiger partial charge is 0.379 e. The molecule has 1 unspecified atom stereocenters. The fourth-order valence-electron chi connectivity index (χ4n) is 1.39. The van der Waals surface area contributed by atoms with Gasteiger partial charge < -0.3 is 10.5 Å². The summed E-state index contributed by atoms with van der Waals surface area (Å²) in [6.07, 6.45) is 1.06. The molecule has 1 atom stereocenters. The number of nitrogens with two attached hydrogens (primary N) is 1. The van der Waals surface area contributed by atoms with Crippen molar-refractivity contribution in [2.24, 2.45) is 11.1 Å². The van der Waals surface area contributed by atoms with Crippen LogP contribution in [0.3, 0.4) is 0 Å². The van der Waals surface area contributed by atoms with Crippen molar-refractivity contribution in [1.82, 2.24) is 0 Å². The van der Waals surface area contributed by atoms with Crippen molar-refractivity contribution in [3.8, 4) is 0 Å². The summed E-state index contributed by atoms with van der Waals surface area (Å²) in [6, 6.07) is 10.1. The number of benzene rings is 1. The molecule has 90 valence electrons. The predicted octanol–water partition coefficient (Wildman–Crippen LogP) is 3.14. The zero-order valence-corrected chi connectivity index (χ0v) is 10.6. The molecule has 0 saturated heterocycles. The molecular formula is C14H23NO. The van der Waals surface area contributed by atoms with Gasteiger partial charge in [-0.1, -0.05) is 51.1 Å². The van der Waals surface area contributed by atoms with Gasteiger partial charge in [0.25, 0.3) is 0 Å². The lowest BCUT2D eigenvalue weighted by atomic mass is 9.93. The molecular weight excluding hydrogens is 198 g/mol. The highest BCUT2D eigenvalue weighted by Gasteiger charge is 2.10. The molecule has 0 aliphatic heterocycles. The smallest absolute Gasteiger partial charge is 0.0659 e. The van der Waals surface area contributed by atoms with Gasteiger partial charge in [0, 0.05) is 6.61 Å². The van der Waals surface area contributed by atoms with Gasteiger partial charge in [-0.05, 0) is 17.4 Å². The van der Waals surface area contributed by atoms with E-state index in [9.17, 15) is 0 Å². The molecule has 16 heavy (non-hydrogen) atoms. The molecule has 1 aromatic rings. The quantitative estimate of drug-likeness (QED) is 0.775. The van der Waals surface area contributed by atoms with E-state index < -0.39 is 0 Å². The summed E-state index contributed by atoms with van der Waals surface area (Å²) in [5.74, 6) is 0. The summed E-state index contributed by atoms with van der Waals surface area (Å²) in [4.78, 5) is 0. The molecule has 0 amide bonds. The third-order valence-corrected chi connectivity index (χ3v) is 2.52. The second kappa shape index (κ2) is 6.02. The maximum atomic E-state index is 6.02. The number of hydrogen-bond donors (Lipinski definition) is 1. The van der Waals surface area contributed by atoms with Gasteiger partial charge in [-0.3, -0.25) is 0 Å². The van der Waals surface area contributed by atoms with E-state index in [-0.39, 0.29) is 6.04 Å². The first-order valence-corrected chi connectivity index (χ1v) is 5.87. The minimum absolute atomic E-state index is 0.0128. The lowest BCUT2D eigenvalue weighted by Gasteiger charge is -2.19. The molecule has 0 heterocycles. The van der Waals surface area contributed by atoms with Crippen LogP contribution in [0.5, 0.6) is 0 Å². The van der Waals surface area contributed by atoms with E-state index >= 15 is 0 Å². The highest BCUT2D eigenvalue weighted by molar-refractivity contribution is 5.18. The van der Waals surface area contributed by atoms with E-state index in [0.717, 1.165) is 18.6 Å². The highest BCUT2D eigenvalue weighted by Crippen LogP contribution is 2.18. The van der Waals surface area contributed by atoms with E-state index in [4.69, 9.17) is 10.5 Å². The number of rotatable bonds is 5. The summed E-state index contributed by atoms with van der Waals surface area (Å²) in [6.45, 7) is 8.03. The predicted molar refractivity (Wildman–Crippen MR) is 68.3 cm³/mol. The highest BCUT2D eigenvalue weighted by atomic mass is 16.5. The number of ether oxygens (including phenoxy) is 1. The molecule has 0 aliphatic carbocycles. The topological polar surface area (TPSA) is 35.2 Å². The molecule has 2 heteroatoms. The molecule has 1 aromatic carbocycles.